The van der Waals surface area contributed by atoms with Crippen LogP contribution in [0, 0.1) is 0 Å². The Kier molecular flexibility index (Phi) is 7.10. The van der Waals surface area contributed by atoms with Crippen LogP contribution in [0.5, 0.6) is 17.2 Å². The number of ether oxygens (including phenoxy) is 3. The summed E-state index contributed by atoms with van der Waals surface area (Å²) in [7, 11) is 3.24. The highest BCUT2D eigenvalue weighted by Crippen LogP contribution is 2.28. The van der Waals surface area contributed by atoms with Crippen molar-refractivity contribution in [3.63, 3.8) is 0 Å². The predicted molar refractivity (Wildman–Crippen MR) is 96.1 cm³/mol. The summed E-state index contributed by atoms with van der Waals surface area (Å²) in [6.45, 7) is 1.34. The van der Waals surface area contributed by atoms with Gasteiger partial charge in [0.2, 0.25) is 0 Å². The Hall–Kier alpha value is -2.73. The van der Waals surface area contributed by atoms with Gasteiger partial charge in [-0.1, -0.05) is 24.3 Å². The maximum absolute atomic E-state index is 10.8. The highest BCUT2D eigenvalue weighted by atomic mass is 16.5. The summed E-state index contributed by atoms with van der Waals surface area (Å²) >= 11 is 0. The lowest BCUT2D eigenvalue weighted by atomic mass is 10.1. The minimum atomic E-state index is -0.524. The molecule has 2 rings (SSSR count). The minimum Gasteiger partial charge on any atom is -0.496 e. The van der Waals surface area contributed by atoms with Crippen LogP contribution in [0.25, 0.3) is 0 Å². The van der Waals surface area contributed by atoms with Gasteiger partial charge in [0.05, 0.1) is 14.2 Å². The van der Waals surface area contributed by atoms with E-state index in [1.165, 1.54) is 5.56 Å². The monoisotopic (exact) mass is 344 g/mol. The van der Waals surface area contributed by atoms with Gasteiger partial charge in [-0.3, -0.25) is 4.79 Å². The Balaban J connectivity index is 1.87. The van der Waals surface area contributed by atoms with E-state index >= 15 is 0 Å². The smallest absolute Gasteiger partial charge is 0.255 e. The molecule has 1 amide bonds. The van der Waals surface area contributed by atoms with Crippen LogP contribution >= 0.6 is 0 Å². The van der Waals surface area contributed by atoms with Crippen molar-refractivity contribution in [3.8, 4) is 17.2 Å². The average molecular weight is 344 g/mol. The van der Waals surface area contributed by atoms with E-state index in [1.54, 1.807) is 20.3 Å². The van der Waals surface area contributed by atoms with E-state index in [2.05, 4.69) is 11.4 Å². The summed E-state index contributed by atoms with van der Waals surface area (Å²) in [6, 6.07) is 13.6. The molecule has 0 aliphatic heterocycles. The van der Waals surface area contributed by atoms with Crippen LogP contribution in [-0.4, -0.2) is 33.3 Å². The number of hydrogen-bond donors (Lipinski definition) is 2. The molecule has 0 aromatic heterocycles. The van der Waals surface area contributed by atoms with Crippen LogP contribution < -0.4 is 25.3 Å². The first-order valence-electron chi connectivity index (χ1n) is 8.04. The van der Waals surface area contributed by atoms with Crippen molar-refractivity contribution in [2.24, 2.45) is 5.73 Å². The molecule has 0 fully saturated rings. The van der Waals surface area contributed by atoms with Gasteiger partial charge in [-0.25, -0.2) is 0 Å². The molecule has 2 aromatic carbocycles. The first kappa shape index (κ1) is 18.6. The summed E-state index contributed by atoms with van der Waals surface area (Å²) in [5.41, 5.74) is 7.32. The molecule has 0 atom stereocenters. The number of para-hydroxylation sites is 1. The first-order chi connectivity index (χ1) is 12.1. The molecular formula is C19H24N2O4. The molecule has 0 spiro atoms. The number of nitrogens with two attached hydrogens (primary N) is 1. The normalized spacial score (nSPS) is 10.3. The lowest BCUT2D eigenvalue weighted by Gasteiger charge is -2.12. The van der Waals surface area contributed by atoms with Gasteiger partial charge in [-0.15, -0.1) is 0 Å². The zero-order valence-electron chi connectivity index (χ0n) is 14.6. The number of carbonyl (C=O) groups is 1. The number of primary amides is 1. The summed E-state index contributed by atoms with van der Waals surface area (Å²) in [6.07, 6.45) is 0.876. The third-order valence-corrected chi connectivity index (χ3v) is 3.69. The molecule has 6 nitrogen and oxygen atoms in total. The number of amides is 1. The van der Waals surface area contributed by atoms with Crippen molar-refractivity contribution >= 4 is 5.91 Å². The number of rotatable bonds is 10. The molecule has 0 bridgehead atoms. The summed E-state index contributed by atoms with van der Waals surface area (Å²) in [4.78, 5) is 10.8. The zero-order valence-corrected chi connectivity index (χ0v) is 14.6. The van der Waals surface area contributed by atoms with E-state index in [9.17, 15) is 4.79 Å². The Labute approximate surface area is 147 Å². The van der Waals surface area contributed by atoms with E-state index in [1.807, 2.05) is 30.3 Å². The fraction of sp³-hybridized carbons (Fsp3) is 0.316. The van der Waals surface area contributed by atoms with Crippen LogP contribution in [0.3, 0.4) is 0 Å². The van der Waals surface area contributed by atoms with Crippen LogP contribution in [0.4, 0.5) is 0 Å². The van der Waals surface area contributed by atoms with E-state index in [0.717, 1.165) is 24.3 Å². The molecule has 0 heterocycles. The second kappa shape index (κ2) is 9.54. The first-order valence-corrected chi connectivity index (χ1v) is 8.04. The number of benzene rings is 2. The quantitative estimate of drug-likeness (QED) is 0.643. The van der Waals surface area contributed by atoms with Gasteiger partial charge in [0.25, 0.3) is 5.91 Å². The Bertz CT molecular complexity index is 704. The van der Waals surface area contributed by atoms with Gasteiger partial charge >= 0.3 is 0 Å². The molecule has 0 radical (unpaired) electrons. The molecular weight excluding hydrogens is 320 g/mol. The van der Waals surface area contributed by atoms with Crippen molar-refractivity contribution in [1.29, 1.82) is 0 Å². The molecule has 6 heteroatoms. The molecule has 0 aliphatic rings. The van der Waals surface area contributed by atoms with Crippen LogP contribution in [0.2, 0.25) is 0 Å². The molecule has 134 valence electrons. The van der Waals surface area contributed by atoms with E-state index < -0.39 is 5.91 Å². The van der Waals surface area contributed by atoms with E-state index in [4.69, 9.17) is 19.9 Å². The van der Waals surface area contributed by atoms with Crippen LogP contribution in [-0.2, 0) is 17.8 Å². The Morgan fingerprint density at radius 2 is 1.80 bits per heavy atom. The van der Waals surface area contributed by atoms with Gasteiger partial charge in [0.15, 0.2) is 18.1 Å². The second-order valence-electron chi connectivity index (χ2n) is 5.48. The fourth-order valence-corrected chi connectivity index (χ4v) is 2.46. The maximum atomic E-state index is 10.8. The lowest BCUT2D eigenvalue weighted by Crippen LogP contribution is -2.20. The van der Waals surface area contributed by atoms with Crippen LogP contribution in [0.15, 0.2) is 42.5 Å². The predicted octanol–water partition coefficient (Wildman–Crippen LogP) is 1.90. The molecule has 0 unspecified atom stereocenters. The van der Waals surface area contributed by atoms with Gasteiger partial charge in [-0.05, 0) is 42.3 Å². The summed E-state index contributed by atoms with van der Waals surface area (Å²) < 4.78 is 16.0. The minimum absolute atomic E-state index is 0.174. The number of carbonyl (C=O) groups excluding carboxylic acids is 1. The van der Waals surface area contributed by atoms with Gasteiger partial charge < -0.3 is 25.3 Å². The number of hydrogen-bond acceptors (Lipinski definition) is 5. The second-order valence-corrected chi connectivity index (χ2v) is 5.48. The van der Waals surface area contributed by atoms with Gasteiger partial charge in [0.1, 0.15) is 5.75 Å². The SMILES string of the molecule is COc1ccccc1CCNCc1ccc(OCC(N)=O)c(OC)c1. The molecule has 25 heavy (non-hydrogen) atoms. The van der Waals surface area contributed by atoms with Crippen molar-refractivity contribution in [1.82, 2.24) is 5.32 Å². The molecule has 2 aromatic rings. The molecule has 3 N–H and O–H groups in total. The summed E-state index contributed by atoms with van der Waals surface area (Å²) in [5.74, 6) is 1.45. The Morgan fingerprint density at radius 1 is 1.04 bits per heavy atom. The van der Waals surface area contributed by atoms with Crippen molar-refractivity contribution in [2.45, 2.75) is 13.0 Å². The highest BCUT2D eigenvalue weighted by molar-refractivity contribution is 5.75. The zero-order chi connectivity index (χ0) is 18.1. The number of methoxy groups -OCH3 is 2. The third-order valence-electron chi connectivity index (χ3n) is 3.69. The number of nitrogens with one attached hydrogen (secondary N) is 1. The average Bonchev–Trinajstić information content (AvgIpc) is 2.64. The summed E-state index contributed by atoms with van der Waals surface area (Å²) in [5, 5.41) is 3.40. The van der Waals surface area contributed by atoms with Gasteiger partial charge in [-0.2, -0.15) is 0 Å². The largest absolute Gasteiger partial charge is 0.496 e. The molecule has 0 saturated carbocycles. The van der Waals surface area contributed by atoms with E-state index in [-0.39, 0.29) is 6.61 Å². The molecule has 0 saturated heterocycles. The van der Waals surface area contributed by atoms with Crippen molar-refractivity contribution in [2.75, 3.05) is 27.4 Å². The van der Waals surface area contributed by atoms with Crippen molar-refractivity contribution in [3.05, 3.63) is 53.6 Å². The maximum Gasteiger partial charge on any atom is 0.255 e. The van der Waals surface area contributed by atoms with Gasteiger partial charge in [0, 0.05) is 6.54 Å². The lowest BCUT2D eigenvalue weighted by molar-refractivity contribution is -0.119. The van der Waals surface area contributed by atoms with Crippen LogP contribution in [0.1, 0.15) is 11.1 Å². The highest BCUT2D eigenvalue weighted by Gasteiger charge is 2.07. The standard InChI is InChI=1S/C19H24N2O4/c1-23-16-6-4-3-5-15(16)9-10-21-12-14-7-8-17(18(11-14)24-2)25-13-19(20)22/h3-8,11,21H,9-10,12-13H2,1-2H3,(H2,20,22). The third kappa shape index (κ3) is 5.69. The van der Waals surface area contributed by atoms with E-state index in [0.29, 0.717) is 18.0 Å². The molecule has 0 aliphatic carbocycles. The Morgan fingerprint density at radius 3 is 2.52 bits per heavy atom. The fourth-order valence-electron chi connectivity index (χ4n) is 2.46. The topological polar surface area (TPSA) is 82.8 Å². The van der Waals surface area contributed by atoms with Crippen molar-refractivity contribution < 1.29 is 19.0 Å².